The lowest BCUT2D eigenvalue weighted by atomic mass is 10.1. The second-order valence-electron chi connectivity index (χ2n) is 7.65. The Bertz CT molecular complexity index is 1380. The number of benzene rings is 2. The first-order chi connectivity index (χ1) is 16.2. The molecule has 0 radical (unpaired) electrons. The average Bonchev–Trinajstić information content (AvgIpc) is 3.32. The van der Waals surface area contributed by atoms with E-state index >= 15 is 0 Å². The Hall–Kier alpha value is -3.63. The molecule has 0 atom stereocenters. The minimum absolute atomic E-state index is 0.0248. The fourth-order valence-electron chi connectivity index (χ4n) is 3.47. The number of aryl methyl sites for hydroxylation is 2. The van der Waals surface area contributed by atoms with Gasteiger partial charge in [-0.05, 0) is 61.5 Å². The highest BCUT2D eigenvalue weighted by Gasteiger charge is 2.21. The average molecular weight is 497 g/mol. The number of nitrogens with zero attached hydrogens (tertiary/aromatic N) is 5. The predicted octanol–water partition coefficient (Wildman–Crippen LogP) is 5.25. The van der Waals surface area contributed by atoms with E-state index in [1.165, 1.54) is 11.8 Å². The number of imidazole rings is 1. The van der Waals surface area contributed by atoms with Gasteiger partial charge in [0.15, 0.2) is 5.16 Å². The van der Waals surface area contributed by atoms with Crippen LogP contribution in [0.15, 0.2) is 64.9 Å². The quantitative estimate of drug-likeness (QED) is 0.276. The van der Waals surface area contributed by atoms with Crippen LogP contribution in [-0.4, -0.2) is 30.2 Å². The van der Waals surface area contributed by atoms with Gasteiger partial charge in [-0.1, -0.05) is 23.7 Å². The molecule has 0 aliphatic carbocycles. The first-order valence-electron chi connectivity index (χ1n) is 10.3. The van der Waals surface area contributed by atoms with Gasteiger partial charge in [-0.15, -0.1) is 0 Å². The smallest absolute Gasteiger partial charge is 0.312 e. The second kappa shape index (κ2) is 9.70. The first-order valence-corrected chi connectivity index (χ1v) is 11.5. The molecule has 11 heteroatoms. The van der Waals surface area contributed by atoms with Crippen molar-refractivity contribution in [1.82, 2.24) is 19.3 Å². The van der Waals surface area contributed by atoms with E-state index in [0.717, 1.165) is 15.6 Å². The van der Waals surface area contributed by atoms with Crippen molar-refractivity contribution in [3.63, 3.8) is 0 Å². The Morgan fingerprint density at radius 1 is 1.21 bits per heavy atom. The van der Waals surface area contributed by atoms with Crippen LogP contribution in [0.5, 0.6) is 0 Å². The van der Waals surface area contributed by atoms with E-state index < -0.39 is 4.92 Å². The van der Waals surface area contributed by atoms with Crippen molar-refractivity contribution in [2.24, 2.45) is 7.05 Å². The summed E-state index contributed by atoms with van der Waals surface area (Å²) in [6, 6.07) is 12.3. The molecule has 1 N–H and O–H groups in total. The standard InChI is InChI=1S/C23H21ClN6O3S/c1-14-21(30(32)33)15(2)29(27-14)13-16-4-6-17(7-5-16)22(31)26-19-12-18(24)8-9-20(19)34-23-25-10-11-28(23)3/h4-12H,13H2,1-3H3,(H,26,31). The lowest BCUT2D eigenvalue weighted by Crippen LogP contribution is -2.13. The van der Waals surface area contributed by atoms with Crippen LogP contribution in [0.3, 0.4) is 0 Å². The number of aromatic nitrogens is 4. The third-order valence-corrected chi connectivity index (χ3v) is 6.63. The number of hydrogen-bond acceptors (Lipinski definition) is 6. The van der Waals surface area contributed by atoms with Gasteiger partial charge in [0, 0.05) is 34.9 Å². The number of hydrogen-bond donors (Lipinski definition) is 1. The molecular formula is C23H21ClN6O3S. The molecule has 4 aromatic rings. The van der Waals surface area contributed by atoms with Crippen molar-refractivity contribution >= 4 is 40.6 Å². The fraction of sp³-hybridized carbons (Fsp3) is 0.174. The molecule has 0 unspecified atom stereocenters. The SMILES string of the molecule is Cc1nn(Cc2ccc(C(=O)Nc3cc(Cl)ccc3Sc3nccn3C)cc2)c(C)c1[N+](=O)[O-]. The summed E-state index contributed by atoms with van der Waals surface area (Å²) in [5, 5.41) is 19.7. The van der Waals surface area contributed by atoms with Crippen molar-refractivity contribution in [3.05, 3.63) is 92.5 Å². The second-order valence-corrected chi connectivity index (χ2v) is 9.09. The van der Waals surface area contributed by atoms with Gasteiger partial charge in [0.2, 0.25) is 0 Å². The monoisotopic (exact) mass is 496 g/mol. The Balaban J connectivity index is 1.50. The number of rotatable bonds is 7. The van der Waals surface area contributed by atoms with Gasteiger partial charge in [-0.25, -0.2) is 4.98 Å². The van der Waals surface area contributed by atoms with Gasteiger partial charge < -0.3 is 9.88 Å². The molecule has 4 rings (SSSR count). The lowest BCUT2D eigenvalue weighted by molar-refractivity contribution is -0.386. The molecule has 0 aliphatic heterocycles. The molecule has 0 spiro atoms. The maximum Gasteiger partial charge on any atom is 0.312 e. The maximum absolute atomic E-state index is 12.9. The van der Waals surface area contributed by atoms with Gasteiger partial charge in [0.1, 0.15) is 11.4 Å². The van der Waals surface area contributed by atoms with Crippen LogP contribution in [0.2, 0.25) is 5.02 Å². The Morgan fingerprint density at radius 3 is 2.56 bits per heavy atom. The molecule has 2 aromatic carbocycles. The summed E-state index contributed by atoms with van der Waals surface area (Å²) in [5.41, 5.74) is 2.81. The first kappa shape index (κ1) is 23.5. The van der Waals surface area contributed by atoms with Crippen molar-refractivity contribution in [2.75, 3.05) is 5.32 Å². The highest BCUT2D eigenvalue weighted by molar-refractivity contribution is 7.99. The normalized spacial score (nSPS) is 10.9. The molecule has 9 nitrogen and oxygen atoms in total. The van der Waals surface area contributed by atoms with Gasteiger partial charge in [-0.3, -0.25) is 19.6 Å². The molecule has 0 saturated carbocycles. The van der Waals surface area contributed by atoms with Crippen LogP contribution in [0.4, 0.5) is 11.4 Å². The number of anilines is 1. The molecular weight excluding hydrogens is 476 g/mol. The van der Waals surface area contributed by atoms with Crippen molar-refractivity contribution in [2.45, 2.75) is 30.4 Å². The molecule has 34 heavy (non-hydrogen) atoms. The third-order valence-electron chi connectivity index (χ3n) is 5.24. The van der Waals surface area contributed by atoms with Gasteiger partial charge in [-0.2, -0.15) is 5.10 Å². The van der Waals surface area contributed by atoms with Gasteiger partial charge in [0.05, 0.1) is 17.2 Å². The van der Waals surface area contributed by atoms with Crippen LogP contribution in [-0.2, 0) is 13.6 Å². The van der Waals surface area contributed by atoms with Gasteiger partial charge in [0.25, 0.3) is 5.91 Å². The van der Waals surface area contributed by atoms with Crippen molar-refractivity contribution < 1.29 is 9.72 Å². The highest BCUT2D eigenvalue weighted by Crippen LogP contribution is 2.34. The predicted molar refractivity (Wildman–Crippen MR) is 131 cm³/mol. The fourth-order valence-corrected chi connectivity index (χ4v) is 4.52. The molecule has 0 aliphatic rings. The number of carbonyl (C=O) groups excluding carboxylic acids is 1. The molecule has 0 bridgehead atoms. The van der Waals surface area contributed by atoms with Crippen LogP contribution < -0.4 is 5.32 Å². The topological polar surface area (TPSA) is 108 Å². The summed E-state index contributed by atoms with van der Waals surface area (Å²) >= 11 is 7.59. The summed E-state index contributed by atoms with van der Waals surface area (Å²) in [4.78, 5) is 28.8. The van der Waals surface area contributed by atoms with Crippen LogP contribution in [0.1, 0.15) is 27.3 Å². The van der Waals surface area contributed by atoms with E-state index in [1.807, 2.05) is 23.9 Å². The molecule has 1 amide bonds. The zero-order chi connectivity index (χ0) is 24.4. The van der Waals surface area contributed by atoms with Crippen molar-refractivity contribution in [1.29, 1.82) is 0 Å². The van der Waals surface area contributed by atoms with E-state index in [1.54, 1.807) is 61.1 Å². The summed E-state index contributed by atoms with van der Waals surface area (Å²) in [5.74, 6) is -0.280. The number of nitrogens with one attached hydrogen (secondary N) is 1. The Labute approximate surface area is 204 Å². The van der Waals surface area contributed by atoms with Gasteiger partial charge >= 0.3 is 5.69 Å². The van der Waals surface area contributed by atoms with Crippen LogP contribution in [0, 0.1) is 24.0 Å². The maximum atomic E-state index is 12.9. The van der Waals surface area contributed by atoms with Crippen LogP contribution in [0.25, 0.3) is 0 Å². The summed E-state index contributed by atoms with van der Waals surface area (Å²) in [7, 11) is 1.90. The number of amides is 1. The zero-order valence-corrected chi connectivity index (χ0v) is 20.2. The number of carbonyl (C=O) groups is 1. The van der Waals surface area contributed by atoms with E-state index in [9.17, 15) is 14.9 Å². The molecule has 2 aromatic heterocycles. The highest BCUT2D eigenvalue weighted by atomic mass is 35.5. The van der Waals surface area contributed by atoms with Crippen LogP contribution >= 0.6 is 23.4 Å². The van der Waals surface area contributed by atoms with E-state index in [4.69, 9.17) is 11.6 Å². The Morgan fingerprint density at radius 2 is 1.94 bits per heavy atom. The molecule has 174 valence electrons. The van der Waals surface area contributed by atoms with Crippen molar-refractivity contribution in [3.8, 4) is 0 Å². The van der Waals surface area contributed by atoms with E-state index in [0.29, 0.717) is 34.2 Å². The number of halogens is 1. The van der Waals surface area contributed by atoms with E-state index in [-0.39, 0.29) is 11.6 Å². The lowest BCUT2D eigenvalue weighted by Gasteiger charge is -2.12. The molecule has 0 saturated heterocycles. The largest absolute Gasteiger partial charge is 0.329 e. The molecule has 2 heterocycles. The summed E-state index contributed by atoms with van der Waals surface area (Å²) in [6.07, 6.45) is 3.56. The minimum Gasteiger partial charge on any atom is -0.329 e. The summed E-state index contributed by atoms with van der Waals surface area (Å²) in [6.45, 7) is 3.65. The minimum atomic E-state index is -0.419. The Kier molecular flexibility index (Phi) is 6.71. The third kappa shape index (κ3) is 4.97. The molecule has 0 fully saturated rings. The van der Waals surface area contributed by atoms with E-state index in [2.05, 4.69) is 15.4 Å². The zero-order valence-electron chi connectivity index (χ0n) is 18.7. The summed E-state index contributed by atoms with van der Waals surface area (Å²) < 4.78 is 3.48. The number of nitro groups is 1.